The normalized spacial score (nSPS) is 14.8. The molecule has 0 spiro atoms. The Morgan fingerprint density at radius 1 is 1.23 bits per heavy atom. The summed E-state index contributed by atoms with van der Waals surface area (Å²) in [5.41, 5.74) is 6.17. The van der Waals surface area contributed by atoms with Crippen molar-refractivity contribution in [2.24, 2.45) is 0 Å². The van der Waals surface area contributed by atoms with Gasteiger partial charge >= 0.3 is 0 Å². The van der Waals surface area contributed by atoms with Crippen LogP contribution in [0.25, 0.3) is 0 Å². The lowest BCUT2D eigenvalue weighted by Crippen LogP contribution is -2.03. The van der Waals surface area contributed by atoms with Crippen LogP contribution in [0.4, 0.5) is 5.69 Å². The summed E-state index contributed by atoms with van der Waals surface area (Å²) in [6.07, 6.45) is 2.78. The standard InChI is InChI=1S/C6H7NS.C4H9N/c7-5-2-1-3-6(8)4-5;1-2-4-5-3-1/h1-4,8H,7H2;5H,1-4H2. The van der Waals surface area contributed by atoms with Crippen molar-refractivity contribution in [3.8, 4) is 0 Å². The third-order valence-electron chi connectivity index (χ3n) is 1.83. The molecule has 3 heteroatoms. The highest BCUT2D eigenvalue weighted by Gasteiger charge is 1.93. The van der Waals surface area contributed by atoms with Gasteiger partial charge in [-0.05, 0) is 44.1 Å². The van der Waals surface area contributed by atoms with Gasteiger partial charge in [-0.15, -0.1) is 12.6 Å². The van der Waals surface area contributed by atoms with Gasteiger partial charge in [-0.1, -0.05) is 6.07 Å². The molecule has 0 aromatic heterocycles. The number of thiol groups is 1. The van der Waals surface area contributed by atoms with Gasteiger partial charge in [0.05, 0.1) is 0 Å². The summed E-state index contributed by atoms with van der Waals surface area (Å²) < 4.78 is 0. The van der Waals surface area contributed by atoms with Crippen LogP contribution in [0.3, 0.4) is 0 Å². The van der Waals surface area contributed by atoms with Crippen LogP contribution < -0.4 is 11.1 Å². The molecule has 0 radical (unpaired) electrons. The number of hydrogen-bond donors (Lipinski definition) is 3. The zero-order valence-electron chi connectivity index (χ0n) is 7.66. The van der Waals surface area contributed by atoms with Gasteiger partial charge < -0.3 is 11.1 Å². The monoisotopic (exact) mass is 196 g/mol. The van der Waals surface area contributed by atoms with Gasteiger partial charge in [0.15, 0.2) is 0 Å². The highest BCUT2D eigenvalue weighted by Crippen LogP contribution is 2.08. The Labute approximate surface area is 84.9 Å². The third kappa shape index (κ3) is 4.80. The second-order valence-corrected chi connectivity index (χ2v) is 3.57. The largest absolute Gasteiger partial charge is 0.399 e. The number of nitrogens with two attached hydrogens (primary N) is 1. The topological polar surface area (TPSA) is 38.0 Å². The van der Waals surface area contributed by atoms with E-state index in [4.69, 9.17) is 5.73 Å². The lowest BCUT2D eigenvalue weighted by atomic mass is 10.3. The summed E-state index contributed by atoms with van der Waals surface area (Å²) in [4.78, 5) is 0.907. The van der Waals surface area contributed by atoms with Crippen molar-refractivity contribution in [3.63, 3.8) is 0 Å². The van der Waals surface area contributed by atoms with Gasteiger partial charge in [0, 0.05) is 10.6 Å². The van der Waals surface area contributed by atoms with Crippen LogP contribution in [0.1, 0.15) is 12.8 Å². The first-order chi connectivity index (χ1) is 6.29. The average molecular weight is 196 g/mol. The van der Waals surface area contributed by atoms with Gasteiger partial charge in [0.25, 0.3) is 0 Å². The fourth-order valence-corrected chi connectivity index (χ4v) is 1.38. The molecule has 1 saturated heterocycles. The third-order valence-corrected chi connectivity index (χ3v) is 2.11. The summed E-state index contributed by atoms with van der Waals surface area (Å²) >= 11 is 4.07. The molecule has 0 atom stereocenters. The number of hydrogen-bond acceptors (Lipinski definition) is 3. The van der Waals surface area contributed by atoms with Gasteiger partial charge in [0.1, 0.15) is 0 Å². The second-order valence-electron chi connectivity index (χ2n) is 3.05. The molecule has 1 heterocycles. The minimum absolute atomic E-state index is 0.762. The Bertz CT molecular complexity index is 222. The summed E-state index contributed by atoms with van der Waals surface area (Å²) in [5, 5.41) is 3.22. The number of nitrogen functional groups attached to an aromatic ring is 1. The second kappa shape index (κ2) is 5.89. The molecule has 0 amide bonds. The first-order valence-electron chi connectivity index (χ1n) is 4.54. The van der Waals surface area contributed by atoms with E-state index in [1.54, 1.807) is 0 Å². The van der Waals surface area contributed by atoms with Crippen molar-refractivity contribution >= 4 is 18.3 Å². The average Bonchev–Trinajstić information content (AvgIpc) is 2.59. The molecule has 72 valence electrons. The number of rotatable bonds is 0. The summed E-state index contributed by atoms with van der Waals surface area (Å²) in [5.74, 6) is 0. The van der Waals surface area contributed by atoms with Crippen molar-refractivity contribution in [1.82, 2.24) is 5.32 Å². The summed E-state index contributed by atoms with van der Waals surface area (Å²) in [7, 11) is 0. The minimum Gasteiger partial charge on any atom is -0.399 e. The molecule has 0 saturated carbocycles. The Morgan fingerprint density at radius 2 is 1.92 bits per heavy atom. The number of anilines is 1. The Balaban J connectivity index is 0.000000145. The minimum atomic E-state index is 0.762. The van der Waals surface area contributed by atoms with E-state index in [9.17, 15) is 0 Å². The number of benzene rings is 1. The van der Waals surface area contributed by atoms with Gasteiger partial charge in [-0.2, -0.15) is 0 Å². The quantitative estimate of drug-likeness (QED) is 0.438. The Morgan fingerprint density at radius 3 is 2.23 bits per heavy atom. The van der Waals surface area contributed by atoms with Crippen LogP contribution in [-0.2, 0) is 0 Å². The molecule has 2 rings (SSSR count). The highest BCUT2D eigenvalue weighted by molar-refractivity contribution is 7.80. The van der Waals surface area contributed by atoms with E-state index < -0.39 is 0 Å². The molecule has 1 aromatic rings. The fourth-order valence-electron chi connectivity index (χ4n) is 1.15. The molecular weight excluding hydrogens is 180 g/mol. The molecule has 1 aromatic carbocycles. The zero-order valence-corrected chi connectivity index (χ0v) is 8.56. The molecule has 0 bridgehead atoms. The van der Waals surface area contributed by atoms with Crippen molar-refractivity contribution in [1.29, 1.82) is 0 Å². The van der Waals surface area contributed by atoms with Crippen molar-refractivity contribution < 1.29 is 0 Å². The van der Waals surface area contributed by atoms with E-state index in [0.29, 0.717) is 0 Å². The molecule has 3 N–H and O–H groups in total. The smallest absolute Gasteiger partial charge is 0.0325 e. The maximum Gasteiger partial charge on any atom is 0.0325 e. The predicted molar refractivity (Wildman–Crippen MR) is 60.2 cm³/mol. The van der Waals surface area contributed by atoms with Gasteiger partial charge in [-0.3, -0.25) is 0 Å². The van der Waals surface area contributed by atoms with E-state index in [0.717, 1.165) is 10.6 Å². The number of nitrogens with one attached hydrogen (secondary N) is 1. The molecule has 0 aliphatic carbocycles. The van der Waals surface area contributed by atoms with Crippen molar-refractivity contribution in [2.45, 2.75) is 17.7 Å². The molecule has 0 unspecified atom stereocenters. The van der Waals surface area contributed by atoms with Crippen molar-refractivity contribution in [3.05, 3.63) is 24.3 Å². The van der Waals surface area contributed by atoms with Crippen LogP contribution in [0.15, 0.2) is 29.2 Å². The van der Waals surface area contributed by atoms with Crippen LogP contribution in [0.2, 0.25) is 0 Å². The summed E-state index contributed by atoms with van der Waals surface area (Å²) in [6.45, 7) is 2.50. The van der Waals surface area contributed by atoms with Crippen molar-refractivity contribution in [2.75, 3.05) is 18.8 Å². The van der Waals surface area contributed by atoms with E-state index in [1.807, 2.05) is 24.3 Å². The fraction of sp³-hybridized carbons (Fsp3) is 0.400. The lowest BCUT2D eigenvalue weighted by Gasteiger charge is -1.90. The molecule has 2 nitrogen and oxygen atoms in total. The van der Waals surface area contributed by atoms with Crippen LogP contribution in [-0.4, -0.2) is 13.1 Å². The maximum atomic E-state index is 5.41. The first kappa shape index (κ1) is 10.4. The first-order valence-corrected chi connectivity index (χ1v) is 4.99. The summed E-state index contributed by atoms with van der Waals surface area (Å²) in [6, 6.07) is 7.40. The van der Waals surface area contributed by atoms with E-state index >= 15 is 0 Å². The Hall–Kier alpha value is -0.670. The maximum absolute atomic E-state index is 5.41. The molecule has 13 heavy (non-hydrogen) atoms. The molecule has 1 aliphatic heterocycles. The van der Waals surface area contributed by atoms with Gasteiger partial charge in [-0.25, -0.2) is 0 Å². The lowest BCUT2D eigenvalue weighted by molar-refractivity contribution is 0.857. The Kier molecular flexibility index (Phi) is 4.72. The van der Waals surface area contributed by atoms with E-state index in [2.05, 4.69) is 17.9 Å². The molecular formula is C10H16N2S. The van der Waals surface area contributed by atoms with Crippen LogP contribution in [0, 0.1) is 0 Å². The van der Waals surface area contributed by atoms with E-state index in [1.165, 1.54) is 25.9 Å². The predicted octanol–water partition coefficient (Wildman–Crippen LogP) is 1.93. The molecule has 1 fully saturated rings. The highest BCUT2D eigenvalue weighted by atomic mass is 32.1. The van der Waals surface area contributed by atoms with Gasteiger partial charge in [0.2, 0.25) is 0 Å². The zero-order chi connectivity index (χ0) is 9.52. The SMILES string of the molecule is C1CCNC1.Nc1cccc(S)c1. The van der Waals surface area contributed by atoms with Crippen LogP contribution >= 0.6 is 12.6 Å². The van der Waals surface area contributed by atoms with Crippen LogP contribution in [0.5, 0.6) is 0 Å². The van der Waals surface area contributed by atoms with E-state index in [-0.39, 0.29) is 0 Å². The molecule has 1 aliphatic rings.